The third kappa shape index (κ3) is 4.24. The van der Waals surface area contributed by atoms with Gasteiger partial charge < -0.3 is 14.2 Å². The van der Waals surface area contributed by atoms with Gasteiger partial charge in [0.2, 0.25) is 0 Å². The Balaban J connectivity index is 2.37. The molecule has 2 rings (SSSR count). The lowest BCUT2D eigenvalue weighted by Gasteiger charge is -2.29. The Hall–Kier alpha value is -2.51. The highest BCUT2D eigenvalue weighted by atomic mass is 19.4. The SMILES string of the molecule is Cc1ccc(OC(F)(F)F)cc1C=C1C(=O)OC(C)(C)OC1=O. The van der Waals surface area contributed by atoms with Crippen molar-refractivity contribution in [3.8, 4) is 5.75 Å². The van der Waals surface area contributed by atoms with Gasteiger partial charge in [-0.2, -0.15) is 0 Å². The fourth-order valence-corrected chi connectivity index (χ4v) is 1.91. The third-order valence-corrected chi connectivity index (χ3v) is 2.90. The molecule has 23 heavy (non-hydrogen) atoms. The van der Waals surface area contributed by atoms with E-state index in [-0.39, 0.29) is 5.56 Å². The van der Waals surface area contributed by atoms with Crippen LogP contribution in [0.2, 0.25) is 0 Å². The zero-order valence-electron chi connectivity index (χ0n) is 12.5. The molecule has 0 amide bonds. The van der Waals surface area contributed by atoms with E-state index >= 15 is 0 Å². The zero-order valence-corrected chi connectivity index (χ0v) is 12.5. The van der Waals surface area contributed by atoms with Crippen LogP contribution in [0.1, 0.15) is 25.0 Å². The van der Waals surface area contributed by atoms with Gasteiger partial charge in [-0.3, -0.25) is 0 Å². The van der Waals surface area contributed by atoms with Gasteiger partial charge in [0.15, 0.2) is 0 Å². The van der Waals surface area contributed by atoms with Gasteiger partial charge in [0.25, 0.3) is 5.79 Å². The van der Waals surface area contributed by atoms with Crippen molar-refractivity contribution in [3.05, 3.63) is 34.9 Å². The lowest BCUT2D eigenvalue weighted by molar-refractivity contribution is -0.274. The van der Waals surface area contributed by atoms with Crippen molar-refractivity contribution in [2.45, 2.75) is 32.9 Å². The van der Waals surface area contributed by atoms with Crippen molar-refractivity contribution in [1.29, 1.82) is 0 Å². The molecule has 0 saturated carbocycles. The van der Waals surface area contributed by atoms with Crippen molar-refractivity contribution in [2.75, 3.05) is 0 Å². The van der Waals surface area contributed by atoms with Crippen LogP contribution in [-0.2, 0) is 19.1 Å². The van der Waals surface area contributed by atoms with E-state index in [1.807, 2.05) is 0 Å². The molecule has 1 aliphatic heterocycles. The van der Waals surface area contributed by atoms with E-state index in [1.54, 1.807) is 6.92 Å². The van der Waals surface area contributed by atoms with E-state index in [0.29, 0.717) is 5.56 Å². The minimum atomic E-state index is -4.84. The number of cyclic esters (lactones) is 2. The van der Waals surface area contributed by atoms with E-state index in [9.17, 15) is 22.8 Å². The van der Waals surface area contributed by atoms with Crippen LogP contribution in [0, 0.1) is 6.92 Å². The van der Waals surface area contributed by atoms with Crippen LogP contribution in [0.4, 0.5) is 13.2 Å². The van der Waals surface area contributed by atoms with Gasteiger partial charge in [-0.05, 0) is 36.3 Å². The second-order valence-electron chi connectivity index (χ2n) is 5.30. The molecule has 0 radical (unpaired) electrons. The molecule has 1 fully saturated rings. The molecule has 0 aromatic heterocycles. The quantitative estimate of drug-likeness (QED) is 0.474. The lowest BCUT2D eigenvalue weighted by atomic mass is 10.0. The Bertz CT molecular complexity index is 667. The highest BCUT2D eigenvalue weighted by molar-refractivity contribution is 6.18. The molecule has 1 aromatic carbocycles. The van der Waals surface area contributed by atoms with Crippen LogP contribution in [0.25, 0.3) is 6.08 Å². The summed E-state index contributed by atoms with van der Waals surface area (Å²) in [5.74, 6) is -3.67. The van der Waals surface area contributed by atoms with Gasteiger partial charge in [-0.25, -0.2) is 9.59 Å². The first-order valence-corrected chi connectivity index (χ1v) is 6.52. The monoisotopic (exact) mass is 330 g/mol. The largest absolute Gasteiger partial charge is 0.573 e. The van der Waals surface area contributed by atoms with Gasteiger partial charge in [0.05, 0.1) is 0 Å². The van der Waals surface area contributed by atoms with Crippen LogP contribution >= 0.6 is 0 Å². The summed E-state index contributed by atoms with van der Waals surface area (Å²) >= 11 is 0. The number of hydrogen-bond acceptors (Lipinski definition) is 5. The summed E-state index contributed by atoms with van der Waals surface area (Å²) in [7, 11) is 0. The summed E-state index contributed by atoms with van der Waals surface area (Å²) in [5.41, 5.74) is 0.337. The molecule has 0 aliphatic carbocycles. The van der Waals surface area contributed by atoms with Gasteiger partial charge in [0, 0.05) is 13.8 Å². The summed E-state index contributed by atoms with van der Waals surface area (Å²) < 4.78 is 50.4. The number of halogens is 3. The topological polar surface area (TPSA) is 61.8 Å². The normalized spacial score (nSPS) is 17.4. The van der Waals surface area contributed by atoms with Crippen molar-refractivity contribution in [1.82, 2.24) is 0 Å². The van der Waals surface area contributed by atoms with Crippen molar-refractivity contribution < 1.29 is 37.0 Å². The lowest BCUT2D eigenvalue weighted by Crippen LogP contribution is -2.41. The maximum absolute atomic E-state index is 12.3. The first-order valence-electron chi connectivity index (χ1n) is 6.52. The molecule has 8 heteroatoms. The number of carbonyl (C=O) groups is 2. The van der Waals surface area contributed by atoms with Gasteiger partial charge >= 0.3 is 18.3 Å². The maximum atomic E-state index is 12.3. The number of alkyl halides is 3. The molecule has 0 unspecified atom stereocenters. The molecular weight excluding hydrogens is 317 g/mol. The van der Waals surface area contributed by atoms with Gasteiger partial charge in [-0.15, -0.1) is 13.2 Å². The Morgan fingerprint density at radius 2 is 1.70 bits per heavy atom. The zero-order chi connectivity index (χ0) is 17.4. The first kappa shape index (κ1) is 16.9. The smallest absolute Gasteiger partial charge is 0.419 e. The molecule has 0 spiro atoms. The van der Waals surface area contributed by atoms with E-state index in [1.165, 1.54) is 19.9 Å². The first-order chi connectivity index (χ1) is 10.5. The molecule has 5 nitrogen and oxygen atoms in total. The van der Waals surface area contributed by atoms with Crippen molar-refractivity contribution >= 4 is 18.0 Å². The minimum absolute atomic E-state index is 0.204. The third-order valence-electron chi connectivity index (χ3n) is 2.90. The molecule has 1 heterocycles. The number of ether oxygens (including phenoxy) is 3. The summed E-state index contributed by atoms with van der Waals surface area (Å²) in [5, 5.41) is 0. The van der Waals surface area contributed by atoms with Crippen LogP contribution in [-0.4, -0.2) is 24.1 Å². The molecular formula is C15H13F3O5. The molecule has 0 bridgehead atoms. The average molecular weight is 330 g/mol. The minimum Gasteiger partial charge on any atom is -0.419 e. The Morgan fingerprint density at radius 1 is 1.13 bits per heavy atom. The van der Waals surface area contributed by atoms with Crippen LogP contribution in [0.15, 0.2) is 23.8 Å². The number of esters is 2. The summed E-state index contributed by atoms with van der Waals surface area (Å²) in [6, 6.07) is 3.57. The van der Waals surface area contributed by atoms with Crippen molar-refractivity contribution in [2.24, 2.45) is 0 Å². The highest BCUT2D eigenvalue weighted by Gasteiger charge is 2.39. The number of benzene rings is 1. The average Bonchev–Trinajstić information content (AvgIpc) is 2.34. The van der Waals surface area contributed by atoms with Gasteiger partial charge in [-0.1, -0.05) is 6.07 Å². The second-order valence-corrected chi connectivity index (χ2v) is 5.30. The van der Waals surface area contributed by atoms with Crippen LogP contribution < -0.4 is 4.74 Å². The molecule has 1 aromatic rings. The Labute approximate surface area is 129 Å². The van der Waals surface area contributed by atoms with E-state index in [2.05, 4.69) is 4.74 Å². The number of hydrogen-bond donors (Lipinski definition) is 0. The number of rotatable bonds is 2. The van der Waals surface area contributed by atoms with E-state index < -0.39 is 35.4 Å². The molecule has 0 N–H and O–H groups in total. The van der Waals surface area contributed by atoms with E-state index in [4.69, 9.17) is 9.47 Å². The summed E-state index contributed by atoms with van der Waals surface area (Å²) in [6.45, 7) is 4.39. The standard InChI is InChI=1S/C15H13F3O5/c1-8-4-5-10(21-15(16,17)18)6-9(8)7-11-12(19)22-14(2,3)23-13(11)20/h4-7H,1-3H3. The fourth-order valence-electron chi connectivity index (χ4n) is 1.91. The molecule has 1 aliphatic rings. The molecule has 0 atom stereocenters. The fraction of sp³-hybridized carbons (Fsp3) is 0.333. The molecule has 1 saturated heterocycles. The van der Waals surface area contributed by atoms with Gasteiger partial charge in [0.1, 0.15) is 11.3 Å². The Kier molecular flexibility index (Phi) is 4.10. The predicted octanol–water partition coefficient (Wildman–Crippen LogP) is 3.11. The summed E-state index contributed by atoms with van der Waals surface area (Å²) in [6.07, 6.45) is -3.73. The summed E-state index contributed by atoms with van der Waals surface area (Å²) in [4.78, 5) is 23.7. The Morgan fingerprint density at radius 3 is 2.22 bits per heavy atom. The molecule has 124 valence electrons. The number of aryl methyl sites for hydroxylation is 1. The van der Waals surface area contributed by atoms with E-state index in [0.717, 1.165) is 18.2 Å². The van der Waals surface area contributed by atoms with Crippen LogP contribution in [0.3, 0.4) is 0 Å². The van der Waals surface area contributed by atoms with Crippen LogP contribution in [0.5, 0.6) is 5.75 Å². The second kappa shape index (κ2) is 5.60. The number of carbonyl (C=O) groups excluding carboxylic acids is 2. The predicted molar refractivity (Wildman–Crippen MR) is 72.1 cm³/mol. The maximum Gasteiger partial charge on any atom is 0.573 e. The highest BCUT2D eigenvalue weighted by Crippen LogP contribution is 2.28. The van der Waals surface area contributed by atoms with Crippen molar-refractivity contribution in [3.63, 3.8) is 0 Å².